The van der Waals surface area contributed by atoms with Crippen molar-refractivity contribution in [1.82, 2.24) is 4.98 Å². The Kier molecular flexibility index (Phi) is 3.63. The molecule has 0 aliphatic carbocycles. The van der Waals surface area contributed by atoms with Crippen molar-refractivity contribution >= 4 is 27.1 Å². The summed E-state index contributed by atoms with van der Waals surface area (Å²) in [5.41, 5.74) is -0.233. The van der Waals surface area contributed by atoms with Gasteiger partial charge in [-0.3, -0.25) is 0 Å². The molecule has 0 spiro atoms. The normalized spacial score (nSPS) is 12.5. The van der Waals surface area contributed by atoms with Crippen molar-refractivity contribution in [1.29, 1.82) is 0 Å². The van der Waals surface area contributed by atoms with Crippen LogP contribution >= 0.6 is 11.3 Å². The number of hydrogen-bond acceptors (Lipinski definition) is 6. The van der Waals surface area contributed by atoms with E-state index >= 15 is 0 Å². The Hall–Kier alpha value is -0.950. The molecule has 0 radical (unpaired) electrons. The lowest BCUT2D eigenvalue weighted by molar-refractivity contribution is 0.00742. The average molecular weight is 277 g/mol. The Morgan fingerprint density at radius 1 is 1.35 bits per heavy atom. The molecule has 0 aliphatic heterocycles. The van der Waals surface area contributed by atoms with Crippen LogP contribution in [-0.2, 0) is 14.6 Å². The number of ether oxygens (including phenoxy) is 1. The first kappa shape index (κ1) is 14.1. The molecular formula is C10H15NO4S2. The van der Waals surface area contributed by atoms with Crippen molar-refractivity contribution in [2.75, 3.05) is 6.26 Å². The number of rotatable bonds is 2. The first-order valence-corrected chi connectivity index (χ1v) is 7.62. The van der Waals surface area contributed by atoms with Crippen LogP contribution in [0.2, 0.25) is 0 Å². The summed E-state index contributed by atoms with van der Waals surface area (Å²) in [5.74, 6) is -0.539. The molecule has 0 saturated carbocycles. The molecule has 0 unspecified atom stereocenters. The van der Waals surface area contributed by atoms with Gasteiger partial charge < -0.3 is 4.74 Å². The Morgan fingerprint density at radius 3 is 2.24 bits per heavy atom. The Bertz CT molecular complexity index is 537. The smallest absolute Gasteiger partial charge is 0.350 e. The molecule has 96 valence electrons. The molecule has 0 aliphatic rings. The second kappa shape index (κ2) is 4.38. The van der Waals surface area contributed by atoms with Crippen LogP contribution in [0.25, 0.3) is 0 Å². The predicted molar refractivity (Wildman–Crippen MR) is 65.1 cm³/mol. The second-order valence-corrected chi connectivity index (χ2v) is 7.86. The van der Waals surface area contributed by atoms with Gasteiger partial charge in [-0.25, -0.2) is 18.2 Å². The maximum Gasteiger partial charge on any atom is 0.350 e. The van der Waals surface area contributed by atoms with Gasteiger partial charge in [0, 0.05) is 6.26 Å². The first-order valence-electron chi connectivity index (χ1n) is 4.91. The third-order valence-electron chi connectivity index (χ3n) is 1.68. The molecule has 1 aromatic rings. The largest absolute Gasteiger partial charge is 0.456 e. The van der Waals surface area contributed by atoms with E-state index in [1.807, 2.05) is 0 Å². The van der Waals surface area contributed by atoms with Crippen LogP contribution in [-0.4, -0.2) is 31.2 Å². The van der Waals surface area contributed by atoms with Gasteiger partial charge in [-0.15, -0.1) is 0 Å². The molecule has 1 heterocycles. The van der Waals surface area contributed by atoms with E-state index in [-0.39, 0.29) is 9.22 Å². The number of nitrogens with zero attached hydrogens (tertiary/aromatic N) is 1. The maximum absolute atomic E-state index is 11.8. The number of thiazole rings is 1. The molecule has 0 fully saturated rings. The van der Waals surface area contributed by atoms with Crippen LogP contribution in [0.4, 0.5) is 0 Å². The van der Waals surface area contributed by atoms with E-state index in [2.05, 4.69) is 4.98 Å². The Morgan fingerprint density at radius 2 is 1.88 bits per heavy atom. The zero-order valence-corrected chi connectivity index (χ0v) is 12.0. The molecule has 0 atom stereocenters. The number of aryl methyl sites for hydroxylation is 1. The molecule has 0 N–H and O–H groups in total. The molecule has 0 aromatic carbocycles. The molecular weight excluding hydrogens is 262 g/mol. The van der Waals surface area contributed by atoms with Gasteiger partial charge in [0.2, 0.25) is 14.2 Å². The van der Waals surface area contributed by atoms with Crippen molar-refractivity contribution in [2.24, 2.45) is 0 Å². The highest BCUT2D eigenvalue weighted by molar-refractivity contribution is 7.92. The van der Waals surface area contributed by atoms with Crippen molar-refractivity contribution < 1.29 is 17.9 Å². The average Bonchev–Trinajstić information content (AvgIpc) is 2.42. The van der Waals surface area contributed by atoms with Crippen LogP contribution in [0.3, 0.4) is 0 Å². The van der Waals surface area contributed by atoms with Gasteiger partial charge in [-0.05, 0) is 27.7 Å². The number of hydrogen-bond donors (Lipinski definition) is 0. The van der Waals surface area contributed by atoms with Gasteiger partial charge >= 0.3 is 5.97 Å². The van der Waals surface area contributed by atoms with Crippen molar-refractivity contribution in [3.8, 4) is 0 Å². The van der Waals surface area contributed by atoms with Crippen molar-refractivity contribution in [3.05, 3.63) is 10.6 Å². The third-order valence-corrected chi connectivity index (χ3v) is 4.49. The highest BCUT2D eigenvalue weighted by atomic mass is 32.2. The van der Waals surface area contributed by atoms with Crippen LogP contribution in [0, 0.1) is 6.92 Å². The molecule has 0 amide bonds. The summed E-state index contributed by atoms with van der Waals surface area (Å²) < 4.78 is 27.7. The van der Waals surface area contributed by atoms with E-state index in [1.54, 1.807) is 27.7 Å². The van der Waals surface area contributed by atoms with Gasteiger partial charge in [0.25, 0.3) is 0 Å². The fourth-order valence-electron chi connectivity index (χ4n) is 1.04. The molecule has 0 saturated heterocycles. The van der Waals surface area contributed by atoms with E-state index in [0.717, 1.165) is 17.6 Å². The topological polar surface area (TPSA) is 73.3 Å². The lowest BCUT2D eigenvalue weighted by atomic mass is 10.2. The monoisotopic (exact) mass is 277 g/mol. The molecule has 17 heavy (non-hydrogen) atoms. The molecule has 5 nitrogen and oxygen atoms in total. The number of carbonyl (C=O) groups is 1. The summed E-state index contributed by atoms with van der Waals surface area (Å²) in [6.07, 6.45) is 1.06. The standard InChI is InChI=1S/C10H15NO4S2/c1-6-7(8(12)15-10(2,3)4)16-9(11-6)17(5,13)14/h1-5H3. The van der Waals surface area contributed by atoms with E-state index in [1.165, 1.54) is 0 Å². The third kappa shape index (κ3) is 3.78. The number of carbonyl (C=O) groups excluding carboxylic acids is 1. The minimum atomic E-state index is -3.38. The van der Waals surface area contributed by atoms with E-state index < -0.39 is 21.4 Å². The quantitative estimate of drug-likeness (QED) is 0.771. The summed E-state index contributed by atoms with van der Waals surface area (Å²) in [6, 6.07) is 0. The zero-order valence-electron chi connectivity index (χ0n) is 10.4. The lowest BCUT2D eigenvalue weighted by Gasteiger charge is -2.18. The van der Waals surface area contributed by atoms with Gasteiger partial charge in [0.1, 0.15) is 10.5 Å². The minimum absolute atomic E-state index is 0.0594. The van der Waals surface area contributed by atoms with Crippen LogP contribution in [0.1, 0.15) is 36.1 Å². The summed E-state index contributed by atoms with van der Waals surface area (Å²) >= 11 is 0.842. The fourth-order valence-corrected chi connectivity index (χ4v) is 2.88. The maximum atomic E-state index is 11.8. The number of aromatic nitrogens is 1. The molecule has 1 aromatic heterocycles. The highest BCUT2D eigenvalue weighted by Crippen LogP contribution is 2.24. The molecule has 0 bridgehead atoms. The lowest BCUT2D eigenvalue weighted by Crippen LogP contribution is -2.23. The van der Waals surface area contributed by atoms with Crippen LogP contribution in [0.5, 0.6) is 0 Å². The first-order chi connectivity index (χ1) is 7.50. The van der Waals surface area contributed by atoms with E-state index in [4.69, 9.17) is 4.74 Å². The van der Waals surface area contributed by atoms with Crippen molar-refractivity contribution in [2.45, 2.75) is 37.6 Å². The van der Waals surface area contributed by atoms with Gasteiger partial charge in [0.15, 0.2) is 0 Å². The SMILES string of the molecule is Cc1nc(S(C)(=O)=O)sc1C(=O)OC(C)(C)C. The molecule has 1 rings (SSSR count). The Labute approximate surface area is 105 Å². The summed E-state index contributed by atoms with van der Waals surface area (Å²) in [4.78, 5) is 15.9. The van der Waals surface area contributed by atoms with Gasteiger partial charge in [-0.1, -0.05) is 11.3 Å². The summed E-state index contributed by atoms with van der Waals surface area (Å²) in [7, 11) is -3.38. The Balaban J connectivity index is 3.09. The number of esters is 1. The van der Waals surface area contributed by atoms with Crippen LogP contribution in [0.15, 0.2) is 4.34 Å². The van der Waals surface area contributed by atoms with Gasteiger partial charge in [0.05, 0.1) is 5.69 Å². The van der Waals surface area contributed by atoms with Crippen molar-refractivity contribution in [3.63, 3.8) is 0 Å². The molecule has 7 heteroatoms. The minimum Gasteiger partial charge on any atom is -0.456 e. The zero-order chi connectivity index (χ0) is 13.4. The fraction of sp³-hybridized carbons (Fsp3) is 0.600. The van der Waals surface area contributed by atoms with E-state index in [9.17, 15) is 13.2 Å². The van der Waals surface area contributed by atoms with E-state index in [0.29, 0.717) is 5.69 Å². The van der Waals surface area contributed by atoms with Crippen LogP contribution < -0.4 is 0 Å². The number of sulfone groups is 1. The summed E-state index contributed by atoms with van der Waals surface area (Å²) in [5, 5.41) is 0. The highest BCUT2D eigenvalue weighted by Gasteiger charge is 2.24. The second-order valence-electron chi connectivity index (χ2n) is 4.67. The summed E-state index contributed by atoms with van der Waals surface area (Å²) in [6.45, 7) is 6.83. The van der Waals surface area contributed by atoms with Gasteiger partial charge in [-0.2, -0.15) is 0 Å². The predicted octanol–water partition coefficient (Wildman–Crippen LogP) is 1.81.